The lowest BCUT2D eigenvalue weighted by Crippen LogP contribution is -2.50. The van der Waals surface area contributed by atoms with Gasteiger partial charge in [0.1, 0.15) is 0 Å². The zero-order chi connectivity index (χ0) is 18.3. The van der Waals surface area contributed by atoms with Crippen molar-refractivity contribution in [1.29, 1.82) is 0 Å². The molecule has 132 valence electrons. The van der Waals surface area contributed by atoms with Crippen molar-refractivity contribution in [2.45, 2.75) is 0 Å². The van der Waals surface area contributed by atoms with Crippen molar-refractivity contribution in [3.63, 3.8) is 0 Å². The van der Waals surface area contributed by atoms with Crippen LogP contribution in [0.3, 0.4) is 0 Å². The van der Waals surface area contributed by atoms with E-state index < -0.39 is 5.97 Å². The Labute approximate surface area is 150 Å². The van der Waals surface area contributed by atoms with E-state index in [0.717, 1.165) is 5.56 Å². The Morgan fingerprint density at radius 3 is 2.23 bits per heavy atom. The largest absolute Gasteiger partial charge is 0.480 e. The molecular weight excluding hydrogens is 332 g/mol. The molecule has 1 N–H and O–H groups in total. The number of carbonyl (C=O) groups is 3. The van der Waals surface area contributed by atoms with Gasteiger partial charge in [0.25, 0.3) is 5.91 Å². The van der Waals surface area contributed by atoms with Crippen LogP contribution in [-0.4, -0.2) is 65.3 Å². The van der Waals surface area contributed by atoms with Crippen molar-refractivity contribution in [3.8, 4) is 11.1 Å². The van der Waals surface area contributed by atoms with E-state index in [1.165, 1.54) is 0 Å². The summed E-state index contributed by atoms with van der Waals surface area (Å²) in [5.41, 5.74) is 3.26. The molecular formula is C20H18N2O4. The number of nitrogens with zero attached hydrogens (tertiary/aromatic N) is 2. The van der Waals surface area contributed by atoms with Crippen LogP contribution in [0.4, 0.5) is 0 Å². The number of amides is 1. The number of carbonyl (C=O) groups excluding carboxylic acids is 2. The first-order valence-electron chi connectivity index (χ1n) is 8.57. The molecule has 4 rings (SSSR count). The molecule has 1 amide bonds. The maximum atomic E-state index is 13.1. The highest BCUT2D eigenvalue weighted by Crippen LogP contribution is 2.39. The average molecular weight is 350 g/mol. The fourth-order valence-electron chi connectivity index (χ4n) is 3.72. The number of aliphatic carboxylic acids is 1. The molecule has 0 atom stereocenters. The first-order valence-corrected chi connectivity index (χ1v) is 8.57. The number of hydrogen-bond donors (Lipinski definition) is 1. The predicted molar refractivity (Wildman–Crippen MR) is 95.3 cm³/mol. The molecule has 6 heteroatoms. The van der Waals surface area contributed by atoms with E-state index in [9.17, 15) is 14.4 Å². The van der Waals surface area contributed by atoms with E-state index in [-0.39, 0.29) is 18.2 Å². The van der Waals surface area contributed by atoms with Crippen LogP contribution in [0.5, 0.6) is 0 Å². The van der Waals surface area contributed by atoms with Crippen LogP contribution in [-0.2, 0) is 4.79 Å². The second kappa shape index (κ2) is 6.38. The molecule has 1 aliphatic carbocycles. The highest BCUT2D eigenvalue weighted by molar-refractivity contribution is 6.24. The number of benzene rings is 2. The average Bonchev–Trinajstić information content (AvgIpc) is 2.95. The van der Waals surface area contributed by atoms with Gasteiger partial charge in [-0.1, -0.05) is 36.4 Å². The molecule has 1 heterocycles. The van der Waals surface area contributed by atoms with E-state index in [4.69, 9.17) is 5.11 Å². The van der Waals surface area contributed by atoms with Crippen LogP contribution in [0.25, 0.3) is 11.1 Å². The molecule has 0 bridgehead atoms. The SMILES string of the molecule is O=C(O)CN1CCN(C(=O)c2cccc3c2-c2ccccc2C3=O)CC1. The quantitative estimate of drug-likeness (QED) is 0.778. The van der Waals surface area contributed by atoms with Crippen molar-refractivity contribution in [3.05, 3.63) is 59.2 Å². The van der Waals surface area contributed by atoms with E-state index in [1.54, 1.807) is 29.2 Å². The standard InChI is InChI=1S/C20H18N2O4/c23-17(24)12-21-8-10-22(11-9-21)20(26)16-7-3-6-15-18(16)13-4-1-2-5-14(13)19(15)25/h1-7H,8-12H2,(H,23,24). The van der Waals surface area contributed by atoms with E-state index in [1.807, 2.05) is 23.1 Å². The van der Waals surface area contributed by atoms with Gasteiger partial charge in [-0.15, -0.1) is 0 Å². The van der Waals surface area contributed by atoms with Crippen molar-refractivity contribution in [2.24, 2.45) is 0 Å². The van der Waals surface area contributed by atoms with Gasteiger partial charge in [0.05, 0.1) is 6.54 Å². The van der Waals surface area contributed by atoms with Crippen LogP contribution in [0.2, 0.25) is 0 Å². The van der Waals surface area contributed by atoms with E-state index >= 15 is 0 Å². The molecule has 26 heavy (non-hydrogen) atoms. The summed E-state index contributed by atoms with van der Waals surface area (Å²) < 4.78 is 0. The maximum Gasteiger partial charge on any atom is 0.317 e. The lowest BCUT2D eigenvalue weighted by molar-refractivity contribution is -0.138. The molecule has 0 spiro atoms. The van der Waals surface area contributed by atoms with Crippen LogP contribution < -0.4 is 0 Å². The van der Waals surface area contributed by atoms with Gasteiger partial charge >= 0.3 is 5.97 Å². The summed E-state index contributed by atoms with van der Waals surface area (Å²) in [5.74, 6) is -1.02. The summed E-state index contributed by atoms with van der Waals surface area (Å²) in [7, 11) is 0. The second-order valence-electron chi connectivity index (χ2n) is 6.56. The predicted octanol–water partition coefficient (Wildman–Crippen LogP) is 1.74. The number of piperazine rings is 1. The molecule has 6 nitrogen and oxygen atoms in total. The summed E-state index contributed by atoms with van der Waals surface area (Å²) in [6, 6.07) is 12.6. The molecule has 2 aromatic rings. The summed E-state index contributed by atoms with van der Waals surface area (Å²) in [4.78, 5) is 40.1. The fourth-order valence-corrected chi connectivity index (χ4v) is 3.72. The lowest BCUT2D eigenvalue weighted by atomic mass is 9.98. The van der Waals surface area contributed by atoms with Gasteiger partial charge in [-0.3, -0.25) is 19.3 Å². The number of ketones is 1. The smallest absolute Gasteiger partial charge is 0.317 e. The molecule has 2 aromatic carbocycles. The molecule has 0 unspecified atom stereocenters. The molecule has 1 fully saturated rings. The third-order valence-electron chi connectivity index (χ3n) is 5.00. The Kier molecular flexibility index (Phi) is 4.05. The topological polar surface area (TPSA) is 77.9 Å². The number of carboxylic acids is 1. The van der Waals surface area contributed by atoms with Crippen molar-refractivity contribution < 1.29 is 19.5 Å². The minimum Gasteiger partial charge on any atom is -0.480 e. The molecule has 0 radical (unpaired) electrons. The molecule has 2 aliphatic rings. The van der Waals surface area contributed by atoms with Gasteiger partial charge in [0.2, 0.25) is 0 Å². The molecule has 0 aromatic heterocycles. The van der Waals surface area contributed by atoms with Crippen molar-refractivity contribution in [1.82, 2.24) is 9.80 Å². The fraction of sp³-hybridized carbons (Fsp3) is 0.250. The van der Waals surface area contributed by atoms with Crippen LogP contribution >= 0.6 is 0 Å². The first-order chi connectivity index (χ1) is 12.6. The number of fused-ring (bicyclic) bond motifs is 3. The minimum absolute atomic E-state index is 0.00928. The van der Waals surface area contributed by atoms with Crippen molar-refractivity contribution in [2.75, 3.05) is 32.7 Å². The number of carboxylic acid groups (broad SMARTS) is 1. The van der Waals surface area contributed by atoms with Crippen LogP contribution in [0, 0.1) is 0 Å². The Bertz CT molecular complexity index is 914. The van der Waals surface area contributed by atoms with E-state index in [0.29, 0.717) is 48.4 Å². The highest BCUT2D eigenvalue weighted by Gasteiger charge is 2.32. The zero-order valence-electron chi connectivity index (χ0n) is 14.1. The Morgan fingerprint density at radius 1 is 0.885 bits per heavy atom. The first kappa shape index (κ1) is 16.5. The summed E-state index contributed by atoms with van der Waals surface area (Å²) in [5, 5.41) is 8.89. The van der Waals surface area contributed by atoms with Crippen LogP contribution in [0.1, 0.15) is 26.3 Å². The second-order valence-corrected chi connectivity index (χ2v) is 6.56. The third kappa shape index (κ3) is 2.68. The maximum absolute atomic E-state index is 13.1. The molecule has 0 saturated carbocycles. The lowest BCUT2D eigenvalue weighted by Gasteiger charge is -2.34. The number of hydrogen-bond acceptors (Lipinski definition) is 4. The summed E-state index contributed by atoms with van der Waals surface area (Å²) in [6.45, 7) is 2.01. The Morgan fingerprint density at radius 2 is 1.54 bits per heavy atom. The molecule has 1 aliphatic heterocycles. The Balaban J connectivity index is 1.62. The van der Waals surface area contributed by atoms with E-state index in [2.05, 4.69) is 0 Å². The normalized spacial score (nSPS) is 16.3. The van der Waals surface area contributed by atoms with Crippen LogP contribution in [0.15, 0.2) is 42.5 Å². The molecule has 1 saturated heterocycles. The Hall–Kier alpha value is -2.99. The van der Waals surface area contributed by atoms with Gasteiger partial charge in [0.15, 0.2) is 5.78 Å². The summed E-state index contributed by atoms with van der Waals surface area (Å²) >= 11 is 0. The monoisotopic (exact) mass is 350 g/mol. The zero-order valence-corrected chi connectivity index (χ0v) is 14.1. The highest BCUT2D eigenvalue weighted by atomic mass is 16.4. The van der Waals surface area contributed by atoms with Gasteiger partial charge in [-0.05, 0) is 11.6 Å². The van der Waals surface area contributed by atoms with Gasteiger partial charge in [-0.2, -0.15) is 0 Å². The third-order valence-corrected chi connectivity index (χ3v) is 5.00. The van der Waals surface area contributed by atoms with Gasteiger partial charge in [-0.25, -0.2) is 0 Å². The minimum atomic E-state index is -0.860. The summed E-state index contributed by atoms with van der Waals surface area (Å²) in [6.07, 6.45) is 0. The van der Waals surface area contributed by atoms with Gasteiger partial charge in [0, 0.05) is 48.4 Å². The van der Waals surface area contributed by atoms with Gasteiger partial charge < -0.3 is 10.0 Å². The number of rotatable bonds is 3. The van der Waals surface area contributed by atoms with Crippen molar-refractivity contribution >= 4 is 17.7 Å².